The van der Waals surface area contributed by atoms with Gasteiger partial charge in [-0.2, -0.15) is 12.6 Å². The molecule has 0 radical (unpaired) electrons. The van der Waals surface area contributed by atoms with Gasteiger partial charge in [-0.05, 0) is 12.1 Å². The van der Waals surface area contributed by atoms with Crippen LogP contribution in [0, 0.1) is 0 Å². The van der Waals surface area contributed by atoms with Gasteiger partial charge < -0.3 is 14.2 Å². The molecule has 0 aliphatic carbocycles. The number of carbonyl (C=O) groups excluding carboxylic acids is 1. The number of hydrogen-bond acceptors (Lipinski definition) is 7. The number of ether oxygens (including phenoxy) is 3. The number of thiol groups is 1. The molecule has 1 aromatic carbocycles. The minimum absolute atomic E-state index is 0.221. The van der Waals surface area contributed by atoms with E-state index in [1.54, 1.807) is 12.1 Å². The largest absolute Gasteiger partial charge is 0.493 e. The first-order valence-corrected chi connectivity index (χ1v) is 6.82. The summed E-state index contributed by atoms with van der Waals surface area (Å²) < 4.78 is 15.9. The van der Waals surface area contributed by atoms with Crippen molar-refractivity contribution in [3.05, 3.63) is 17.7 Å². The molecule has 114 valence electrons. The number of methoxy groups -OCH3 is 3. The van der Waals surface area contributed by atoms with Crippen molar-refractivity contribution in [3.8, 4) is 17.2 Å². The molecule has 2 N–H and O–H groups in total. The highest BCUT2D eigenvalue weighted by Crippen LogP contribution is 2.38. The van der Waals surface area contributed by atoms with Gasteiger partial charge in [0.05, 0.1) is 21.3 Å². The Balaban J connectivity index is 2.47. The van der Waals surface area contributed by atoms with Crippen molar-refractivity contribution >= 4 is 24.4 Å². The molecule has 2 rings (SSSR count). The Bertz CT molecular complexity index is 552. The molecule has 0 bridgehead atoms. The van der Waals surface area contributed by atoms with Crippen molar-refractivity contribution in [1.82, 2.24) is 10.9 Å². The molecule has 21 heavy (non-hydrogen) atoms. The molecule has 7 nitrogen and oxygen atoms in total. The van der Waals surface area contributed by atoms with Crippen LogP contribution in [0.15, 0.2) is 17.1 Å². The Morgan fingerprint density at radius 1 is 1.14 bits per heavy atom. The Kier molecular flexibility index (Phi) is 4.79. The summed E-state index contributed by atoms with van der Waals surface area (Å²) in [6, 6.07) is 2.96. The van der Waals surface area contributed by atoms with Crippen LogP contribution in [0.25, 0.3) is 0 Å². The van der Waals surface area contributed by atoms with Crippen LogP contribution >= 0.6 is 12.6 Å². The van der Waals surface area contributed by atoms with Gasteiger partial charge in [0.1, 0.15) is 11.9 Å². The fraction of sp³-hybridized carbons (Fsp3) is 0.385. The predicted molar refractivity (Wildman–Crippen MR) is 81.6 cm³/mol. The molecule has 1 atom stereocenters. The minimum atomic E-state index is -0.538. The molecular weight excluding hydrogens is 294 g/mol. The van der Waals surface area contributed by atoms with E-state index in [1.807, 2.05) is 0 Å². The second kappa shape index (κ2) is 6.57. The highest BCUT2D eigenvalue weighted by atomic mass is 32.1. The molecule has 1 heterocycles. The highest BCUT2D eigenvalue weighted by Gasteiger charge is 2.24. The van der Waals surface area contributed by atoms with Gasteiger partial charge in [0, 0.05) is 11.3 Å². The first-order chi connectivity index (χ1) is 10.1. The van der Waals surface area contributed by atoms with Crippen LogP contribution < -0.4 is 25.1 Å². The van der Waals surface area contributed by atoms with E-state index in [0.29, 0.717) is 34.4 Å². The summed E-state index contributed by atoms with van der Waals surface area (Å²) in [6.07, 6.45) is 0. The number of aliphatic imine (C=N–C) groups is 1. The van der Waals surface area contributed by atoms with E-state index >= 15 is 0 Å². The molecule has 0 saturated heterocycles. The fourth-order valence-electron chi connectivity index (χ4n) is 1.94. The third-order valence-electron chi connectivity index (χ3n) is 3.00. The molecule has 0 spiro atoms. The van der Waals surface area contributed by atoms with Crippen LogP contribution in [0.3, 0.4) is 0 Å². The zero-order valence-electron chi connectivity index (χ0n) is 12.0. The zero-order chi connectivity index (χ0) is 15.4. The van der Waals surface area contributed by atoms with Crippen molar-refractivity contribution in [2.24, 2.45) is 4.99 Å². The van der Waals surface area contributed by atoms with Gasteiger partial charge in [-0.15, -0.1) is 0 Å². The van der Waals surface area contributed by atoms with Gasteiger partial charge in [-0.1, -0.05) is 0 Å². The van der Waals surface area contributed by atoms with Crippen molar-refractivity contribution in [2.75, 3.05) is 27.1 Å². The Morgan fingerprint density at radius 3 is 2.24 bits per heavy atom. The molecule has 1 unspecified atom stereocenters. The maximum Gasteiger partial charge on any atom is 0.264 e. The lowest BCUT2D eigenvalue weighted by Crippen LogP contribution is -2.52. The van der Waals surface area contributed by atoms with Crippen molar-refractivity contribution in [2.45, 2.75) is 6.04 Å². The summed E-state index contributed by atoms with van der Waals surface area (Å²) in [5.41, 5.74) is 6.01. The maximum atomic E-state index is 11.5. The van der Waals surface area contributed by atoms with Gasteiger partial charge in [0.2, 0.25) is 5.75 Å². The molecule has 1 aliphatic heterocycles. The van der Waals surface area contributed by atoms with E-state index in [1.165, 1.54) is 21.3 Å². The van der Waals surface area contributed by atoms with E-state index in [4.69, 9.17) is 14.2 Å². The average Bonchev–Trinajstić information content (AvgIpc) is 2.53. The monoisotopic (exact) mass is 311 g/mol. The third-order valence-corrected chi connectivity index (χ3v) is 3.35. The smallest absolute Gasteiger partial charge is 0.264 e. The summed E-state index contributed by atoms with van der Waals surface area (Å²) in [6.45, 7) is 0. The van der Waals surface area contributed by atoms with Crippen LogP contribution in [0.4, 0.5) is 0 Å². The molecule has 0 aromatic heterocycles. The molecule has 8 heteroatoms. The van der Waals surface area contributed by atoms with Gasteiger partial charge in [0.15, 0.2) is 11.5 Å². The molecule has 0 fully saturated rings. The number of hydrogen-bond donors (Lipinski definition) is 3. The van der Waals surface area contributed by atoms with Gasteiger partial charge >= 0.3 is 0 Å². The van der Waals surface area contributed by atoms with Crippen molar-refractivity contribution < 1.29 is 19.0 Å². The molecule has 1 aliphatic rings. The van der Waals surface area contributed by atoms with Crippen LogP contribution in [-0.2, 0) is 4.79 Å². The highest BCUT2D eigenvalue weighted by molar-refractivity contribution is 7.80. The second-order valence-corrected chi connectivity index (χ2v) is 4.57. The first-order valence-electron chi connectivity index (χ1n) is 6.19. The molecule has 1 aromatic rings. The topological polar surface area (TPSA) is 81.2 Å². The Hall–Kier alpha value is -2.09. The quantitative estimate of drug-likeness (QED) is 0.686. The minimum Gasteiger partial charge on any atom is -0.493 e. The summed E-state index contributed by atoms with van der Waals surface area (Å²) in [5.74, 6) is 2.12. The number of hydrazine groups is 1. The zero-order valence-corrected chi connectivity index (χ0v) is 12.9. The second-order valence-electron chi connectivity index (χ2n) is 4.20. The number of nitrogens with zero attached hydrogens (tertiary/aromatic N) is 1. The normalized spacial score (nSPS) is 17.4. The van der Waals surface area contributed by atoms with Crippen molar-refractivity contribution in [1.29, 1.82) is 0 Å². The molecular formula is C13H17N3O4S. The molecule has 0 saturated carbocycles. The Morgan fingerprint density at radius 2 is 1.76 bits per heavy atom. The number of amides is 1. The SMILES string of the molecule is COc1cc(C2=NC(CS)C(=O)NN2)cc(OC)c1OC. The lowest BCUT2D eigenvalue weighted by Gasteiger charge is -2.22. The van der Waals surface area contributed by atoms with E-state index in [0.717, 1.165) is 0 Å². The third kappa shape index (κ3) is 2.99. The van der Waals surface area contributed by atoms with Gasteiger partial charge in [0.25, 0.3) is 5.91 Å². The summed E-state index contributed by atoms with van der Waals surface area (Å²) in [7, 11) is 4.61. The standard InChI is InChI=1S/C13H17N3O4S/c1-18-9-4-7(5-10(19-2)11(9)20-3)12-14-8(6-21)13(17)16-15-12/h4-5,8,21H,6H2,1-3H3,(H,14,15)(H,16,17). The summed E-state index contributed by atoms with van der Waals surface area (Å²) >= 11 is 4.12. The number of rotatable bonds is 5. The number of benzene rings is 1. The average molecular weight is 311 g/mol. The maximum absolute atomic E-state index is 11.5. The lowest BCUT2D eigenvalue weighted by atomic mass is 10.1. The number of nitrogens with one attached hydrogen (secondary N) is 2. The first kappa shape index (κ1) is 15.3. The number of carbonyl (C=O) groups is 1. The fourth-order valence-corrected chi connectivity index (χ4v) is 2.19. The van der Waals surface area contributed by atoms with Crippen LogP contribution in [0.1, 0.15) is 5.56 Å². The van der Waals surface area contributed by atoms with Gasteiger partial charge in [-0.3, -0.25) is 20.6 Å². The summed E-state index contributed by atoms with van der Waals surface area (Å²) in [5, 5.41) is 0. The van der Waals surface area contributed by atoms with Crippen molar-refractivity contribution in [3.63, 3.8) is 0 Å². The van der Waals surface area contributed by atoms with Crippen LogP contribution in [-0.4, -0.2) is 44.9 Å². The van der Waals surface area contributed by atoms with Gasteiger partial charge in [-0.25, -0.2) is 0 Å². The van der Waals surface area contributed by atoms with E-state index in [9.17, 15) is 4.79 Å². The van der Waals surface area contributed by atoms with E-state index in [-0.39, 0.29) is 5.91 Å². The van der Waals surface area contributed by atoms with Crippen LogP contribution in [0.5, 0.6) is 17.2 Å². The lowest BCUT2D eigenvalue weighted by molar-refractivity contribution is -0.122. The van der Waals surface area contributed by atoms with E-state index in [2.05, 4.69) is 28.5 Å². The predicted octanol–water partition coefficient (Wildman–Crippen LogP) is 0.392. The number of amidine groups is 1. The summed E-state index contributed by atoms with van der Waals surface area (Å²) in [4.78, 5) is 15.9. The van der Waals surface area contributed by atoms with E-state index < -0.39 is 6.04 Å². The van der Waals surface area contributed by atoms with Crippen LogP contribution in [0.2, 0.25) is 0 Å². The Labute approximate surface area is 128 Å². The molecule has 1 amide bonds.